The first-order valence-electron chi connectivity index (χ1n) is 11.9. The highest BCUT2D eigenvalue weighted by molar-refractivity contribution is 5.75. The molecule has 3 fully saturated rings. The Hall–Kier alpha value is -1.66. The summed E-state index contributed by atoms with van der Waals surface area (Å²) in [4.78, 5) is 12.9. The number of alkyl halides is 3. The number of benzene rings is 1. The monoisotopic (exact) mass is 458 g/mol. The molecule has 0 aromatic heterocycles. The quantitative estimate of drug-likeness (QED) is 0.266. The van der Waals surface area contributed by atoms with Crippen molar-refractivity contribution in [2.24, 2.45) is 35.5 Å². The molecular weight excluding hydrogens is 427 g/mol. The summed E-state index contributed by atoms with van der Waals surface area (Å²) in [6.07, 6.45) is 5.80. The van der Waals surface area contributed by atoms with Crippen LogP contribution < -0.4 is 4.74 Å². The third-order valence-corrected chi connectivity index (χ3v) is 8.24. The predicted octanol–water partition coefficient (Wildman–Crippen LogP) is 7.55. The van der Waals surface area contributed by atoms with Gasteiger partial charge in [0, 0.05) is 12.1 Å². The van der Waals surface area contributed by atoms with Crippen LogP contribution in [0.4, 0.5) is 22.0 Å². The predicted molar refractivity (Wildman–Crippen MR) is 110 cm³/mol. The highest BCUT2D eigenvalue weighted by atomic mass is 19.4. The van der Waals surface area contributed by atoms with Gasteiger partial charge in [-0.3, -0.25) is 4.79 Å². The van der Waals surface area contributed by atoms with Gasteiger partial charge < -0.3 is 4.74 Å². The summed E-state index contributed by atoms with van der Waals surface area (Å²) in [6, 6.07) is 0.899. The largest absolute Gasteiger partial charge is 0.426 e. The van der Waals surface area contributed by atoms with Crippen molar-refractivity contribution in [3.8, 4) is 5.75 Å². The first-order valence-corrected chi connectivity index (χ1v) is 11.9. The lowest BCUT2D eigenvalue weighted by atomic mass is 9.59. The molecule has 0 radical (unpaired) electrons. The van der Waals surface area contributed by atoms with Crippen LogP contribution in [0, 0.1) is 47.1 Å². The second kappa shape index (κ2) is 9.30. The number of esters is 1. The van der Waals surface area contributed by atoms with E-state index in [9.17, 15) is 26.7 Å². The minimum absolute atomic E-state index is 0.180. The molecule has 4 atom stereocenters. The first-order chi connectivity index (χ1) is 15.1. The summed E-state index contributed by atoms with van der Waals surface area (Å²) < 4.78 is 71.3. The van der Waals surface area contributed by atoms with Crippen molar-refractivity contribution in [2.75, 3.05) is 0 Å². The number of carbonyl (C=O) groups is 1. The number of hydrogen-bond donors (Lipinski definition) is 0. The van der Waals surface area contributed by atoms with Crippen LogP contribution in [-0.4, -0.2) is 5.97 Å². The molecule has 0 saturated heterocycles. The van der Waals surface area contributed by atoms with E-state index in [1.54, 1.807) is 0 Å². The number of carbonyl (C=O) groups excluding carboxylic acids is 1. The van der Waals surface area contributed by atoms with E-state index in [1.165, 1.54) is 25.7 Å². The SMILES string of the molecule is CC1CCC(C2CCC3C(CCCC3C(=O)Oc3cc(F)c(C(F)(F)F)c(F)c3)C2)CC1. The van der Waals surface area contributed by atoms with Crippen LogP contribution in [0.5, 0.6) is 5.75 Å². The highest BCUT2D eigenvalue weighted by Crippen LogP contribution is 2.50. The Morgan fingerprint density at radius 3 is 2.12 bits per heavy atom. The maximum absolute atomic E-state index is 13.9. The molecule has 3 saturated carbocycles. The van der Waals surface area contributed by atoms with Crippen molar-refractivity contribution < 1.29 is 31.5 Å². The minimum atomic E-state index is -5.15. The summed E-state index contributed by atoms with van der Waals surface area (Å²) in [7, 11) is 0. The zero-order valence-corrected chi connectivity index (χ0v) is 18.4. The normalized spacial score (nSPS) is 33.4. The molecule has 1 aromatic carbocycles. The Bertz CT molecular complexity index is 805. The molecular formula is C25H31F5O2. The molecule has 0 amide bonds. The number of ether oxygens (including phenoxy) is 1. The second-order valence-electron chi connectivity index (χ2n) is 10.2. The Labute approximate surface area is 185 Å². The average Bonchev–Trinajstić information content (AvgIpc) is 2.71. The Morgan fingerprint density at radius 2 is 1.50 bits per heavy atom. The maximum Gasteiger partial charge on any atom is 0.422 e. The maximum atomic E-state index is 13.9. The Balaban J connectivity index is 1.41. The van der Waals surface area contributed by atoms with Gasteiger partial charge in [-0.2, -0.15) is 13.2 Å². The first kappa shape index (κ1) is 23.5. The van der Waals surface area contributed by atoms with E-state index in [2.05, 4.69) is 6.92 Å². The molecule has 0 aliphatic heterocycles. The fourth-order valence-electron chi connectivity index (χ4n) is 6.55. The van der Waals surface area contributed by atoms with Gasteiger partial charge in [0.05, 0.1) is 5.92 Å². The molecule has 3 aliphatic rings. The number of halogens is 5. The van der Waals surface area contributed by atoms with Gasteiger partial charge in [0.25, 0.3) is 0 Å². The smallest absolute Gasteiger partial charge is 0.422 e. The molecule has 4 unspecified atom stereocenters. The minimum Gasteiger partial charge on any atom is -0.426 e. The third kappa shape index (κ3) is 4.96. The van der Waals surface area contributed by atoms with Gasteiger partial charge in [-0.15, -0.1) is 0 Å². The number of rotatable bonds is 3. The van der Waals surface area contributed by atoms with Gasteiger partial charge in [0.15, 0.2) is 0 Å². The number of fused-ring (bicyclic) bond motifs is 1. The van der Waals surface area contributed by atoms with E-state index in [0.29, 0.717) is 30.4 Å². The molecule has 0 bridgehead atoms. The Morgan fingerprint density at radius 1 is 0.875 bits per heavy atom. The van der Waals surface area contributed by atoms with Crippen LogP contribution in [0.3, 0.4) is 0 Å². The van der Waals surface area contributed by atoms with Crippen LogP contribution in [0.25, 0.3) is 0 Å². The molecule has 1 aromatic rings. The summed E-state index contributed by atoms with van der Waals surface area (Å²) in [5.74, 6) is -2.08. The van der Waals surface area contributed by atoms with Crippen molar-refractivity contribution in [2.45, 2.75) is 77.3 Å². The molecule has 3 aliphatic carbocycles. The van der Waals surface area contributed by atoms with Crippen molar-refractivity contribution in [3.63, 3.8) is 0 Å². The molecule has 0 heterocycles. The fraction of sp³-hybridized carbons (Fsp3) is 0.720. The van der Waals surface area contributed by atoms with Gasteiger partial charge in [-0.1, -0.05) is 32.6 Å². The van der Waals surface area contributed by atoms with Gasteiger partial charge in [0.1, 0.15) is 22.9 Å². The molecule has 4 rings (SSSR count). The van der Waals surface area contributed by atoms with E-state index in [0.717, 1.165) is 43.9 Å². The molecule has 0 N–H and O–H groups in total. The van der Waals surface area contributed by atoms with Gasteiger partial charge in [0.2, 0.25) is 0 Å². The van der Waals surface area contributed by atoms with Gasteiger partial charge >= 0.3 is 12.1 Å². The molecule has 7 heteroatoms. The van der Waals surface area contributed by atoms with Crippen molar-refractivity contribution >= 4 is 5.97 Å². The average molecular weight is 459 g/mol. The van der Waals surface area contributed by atoms with Crippen LogP contribution in [0.1, 0.15) is 76.7 Å². The van der Waals surface area contributed by atoms with Gasteiger partial charge in [-0.25, -0.2) is 8.78 Å². The zero-order valence-electron chi connectivity index (χ0n) is 18.4. The van der Waals surface area contributed by atoms with E-state index in [-0.39, 0.29) is 11.8 Å². The van der Waals surface area contributed by atoms with E-state index in [4.69, 9.17) is 4.74 Å². The fourth-order valence-corrected chi connectivity index (χ4v) is 6.55. The summed E-state index contributed by atoms with van der Waals surface area (Å²) >= 11 is 0. The molecule has 2 nitrogen and oxygen atoms in total. The van der Waals surface area contributed by atoms with E-state index >= 15 is 0 Å². The van der Waals surface area contributed by atoms with Crippen LogP contribution in [0.2, 0.25) is 0 Å². The van der Waals surface area contributed by atoms with Crippen molar-refractivity contribution in [1.29, 1.82) is 0 Å². The Kier molecular flexibility index (Phi) is 6.83. The van der Waals surface area contributed by atoms with Crippen LogP contribution in [0.15, 0.2) is 12.1 Å². The van der Waals surface area contributed by atoms with Gasteiger partial charge in [-0.05, 0) is 68.1 Å². The molecule has 32 heavy (non-hydrogen) atoms. The number of hydrogen-bond acceptors (Lipinski definition) is 2. The van der Waals surface area contributed by atoms with Crippen molar-refractivity contribution in [3.05, 3.63) is 29.3 Å². The zero-order chi connectivity index (χ0) is 23.0. The second-order valence-corrected chi connectivity index (χ2v) is 10.2. The van der Waals surface area contributed by atoms with Crippen LogP contribution >= 0.6 is 0 Å². The summed E-state index contributed by atoms with van der Waals surface area (Å²) in [5, 5.41) is 0. The molecule has 0 spiro atoms. The van der Waals surface area contributed by atoms with E-state index < -0.39 is 35.1 Å². The summed E-state index contributed by atoms with van der Waals surface area (Å²) in [5.41, 5.74) is -1.97. The highest BCUT2D eigenvalue weighted by Gasteiger charge is 2.44. The lowest BCUT2D eigenvalue weighted by Gasteiger charge is -2.45. The molecule has 178 valence electrons. The topological polar surface area (TPSA) is 26.3 Å². The summed E-state index contributed by atoms with van der Waals surface area (Å²) in [6.45, 7) is 2.32. The van der Waals surface area contributed by atoms with Crippen LogP contribution in [-0.2, 0) is 11.0 Å². The standard InChI is InChI=1S/C25H31F5O2/c1-14-5-7-15(8-6-14)16-9-10-19-17(11-16)3-2-4-20(19)24(31)32-18-12-21(26)23(22(27)13-18)25(28,29)30/h12-17,19-20H,2-11H2,1H3. The third-order valence-electron chi connectivity index (χ3n) is 8.24. The lowest BCUT2D eigenvalue weighted by molar-refractivity contribution is -0.144. The van der Waals surface area contributed by atoms with E-state index in [1.807, 2.05) is 0 Å². The lowest BCUT2D eigenvalue weighted by Crippen LogP contribution is -2.40. The van der Waals surface area contributed by atoms with Crippen molar-refractivity contribution in [1.82, 2.24) is 0 Å².